The zero-order chi connectivity index (χ0) is 18.4. The van der Waals surface area contributed by atoms with E-state index in [0.29, 0.717) is 16.3 Å². The number of carbonyl (C=O) groups excluding carboxylic acids is 2. The van der Waals surface area contributed by atoms with Gasteiger partial charge in [-0.3, -0.25) is 0 Å². The second-order valence-corrected chi connectivity index (χ2v) is 5.60. The number of methoxy groups -OCH3 is 2. The van der Waals surface area contributed by atoms with Crippen molar-refractivity contribution < 1.29 is 23.8 Å². The lowest BCUT2D eigenvalue weighted by Gasteiger charge is -2.10. The molecule has 2 aromatic rings. The van der Waals surface area contributed by atoms with Gasteiger partial charge in [-0.05, 0) is 42.0 Å². The number of halogens is 2. The Bertz CT molecular complexity index is 830. The molecule has 0 amide bonds. The Morgan fingerprint density at radius 2 is 1.72 bits per heavy atom. The predicted octanol–water partition coefficient (Wildman–Crippen LogP) is 4.41. The lowest BCUT2D eigenvalue weighted by molar-refractivity contribution is -0.134. The quantitative estimate of drug-likeness (QED) is 0.436. The van der Waals surface area contributed by atoms with Crippen molar-refractivity contribution in [2.75, 3.05) is 14.2 Å². The van der Waals surface area contributed by atoms with Gasteiger partial charge in [0.2, 0.25) is 0 Å². The lowest BCUT2D eigenvalue weighted by Crippen LogP contribution is -2.09. The van der Waals surface area contributed by atoms with E-state index in [9.17, 15) is 9.59 Å². The molecule has 5 nitrogen and oxygen atoms in total. The van der Waals surface area contributed by atoms with Crippen LogP contribution in [0.1, 0.15) is 15.9 Å². The summed E-state index contributed by atoms with van der Waals surface area (Å²) in [5.74, 6) is -0.516. The van der Waals surface area contributed by atoms with Crippen LogP contribution >= 0.6 is 23.2 Å². The summed E-state index contributed by atoms with van der Waals surface area (Å²) in [5.41, 5.74) is 0.933. The van der Waals surface area contributed by atoms with E-state index >= 15 is 0 Å². The van der Waals surface area contributed by atoms with Gasteiger partial charge in [0.15, 0.2) is 11.5 Å². The fourth-order valence-electron chi connectivity index (χ4n) is 1.89. The molecule has 0 spiro atoms. The molecular weight excluding hydrogens is 367 g/mol. The van der Waals surface area contributed by atoms with Gasteiger partial charge in [0, 0.05) is 6.08 Å². The number of esters is 2. The van der Waals surface area contributed by atoms with Crippen molar-refractivity contribution in [1.82, 2.24) is 0 Å². The van der Waals surface area contributed by atoms with Gasteiger partial charge in [-0.25, -0.2) is 9.59 Å². The first-order chi connectivity index (χ1) is 11.9. The average molecular weight is 381 g/mol. The number of hydrogen-bond acceptors (Lipinski definition) is 5. The molecule has 0 aliphatic rings. The highest BCUT2D eigenvalue weighted by Crippen LogP contribution is 2.30. The lowest BCUT2D eigenvalue weighted by atomic mass is 10.2. The van der Waals surface area contributed by atoms with Gasteiger partial charge in [0.25, 0.3) is 0 Å². The highest BCUT2D eigenvalue weighted by Gasteiger charge is 2.14. The number of ether oxygens (including phenoxy) is 3. The maximum atomic E-state index is 12.2. The minimum atomic E-state index is -0.602. The van der Waals surface area contributed by atoms with Gasteiger partial charge >= 0.3 is 11.9 Å². The zero-order valence-corrected chi connectivity index (χ0v) is 14.9. The largest absolute Gasteiger partial charge is 0.493 e. The molecule has 0 N–H and O–H groups in total. The van der Waals surface area contributed by atoms with Gasteiger partial charge in [-0.1, -0.05) is 29.3 Å². The summed E-state index contributed by atoms with van der Waals surface area (Å²) >= 11 is 11.7. The van der Waals surface area contributed by atoms with Crippen LogP contribution in [0.25, 0.3) is 6.08 Å². The summed E-state index contributed by atoms with van der Waals surface area (Å²) in [5, 5.41) is 0.601. The molecule has 0 aliphatic carbocycles. The first-order valence-electron chi connectivity index (χ1n) is 7.06. The van der Waals surface area contributed by atoms with Crippen molar-refractivity contribution >= 4 is 41.2 Å². The second-order valence-electron chi connectivity index (χ2n) is 4.79. The molecule has 0 atom stereocenters. The Morgan fingerprint density at radius 1 is 0.960 bits per heavy atom. The SMILES string of the molecule is COC(=O)/C=C/c1ccc(OC(=O)c2ccc(Cl)c(Cl)c2)c(OC)c1. The molecule has 25 heavy (non-hydrogen) atoms. The molecule has 0 unspecified atom stereocenters. The van der Waals surface area contributed by atoms with E-state index in [2.05, 4.69) is 4.74 Å². The number of benzene rings is 2. The molecule has 0 heterocycles. The Labute approximate surface area is 154 Å². The van der Waals surface area contributed by atoms with Crippen LogP contribution < -0.4 is 9.47 Å². The first kappa shape index (κ1) is 18.8. The molecule has 0 fully saturated rings. The summed E-state index contributed by atoms with van der Waals surface area (Å²) in [7, 11) is 2.73. The maximum absolute atomic E-state index is 12.2. The fourth-order valence-corrected chi connectivity index (χ4v) is 2.18. The van der Waals surface area contributed by atoms with Crippen LogP contribution in [0.15, 0.2) is 42.5 Å². The summed E-state index contributed by atoms with van der Waals surface area (Å²) in [6.45, 7) is 0. The molecule has 130 valence electrons. The van der Waals surface area contributed by atoms with Crippen molar-refractivity contribution in [3.05, 3.63) is 63.6 Å². The highest BCUT2D eigenvalue weighted by molar-refractivity contribution is 6.42. The minimum absolute atomic E-state index is 0.230. The average Bonchev–Trinajstić information content (AvgIpc) is 2.62. The molecule has 0 saturated carbocycles. The monoisotopic (exact) mass is 380 g/mol. The van der Waals surface area contributed by atoms with Crippen LogP contribution in [0.3, 0.4) is 0 Å². The summed E-state index contributed by atoms with van der Waals surface area (Å²) in [6, 6.07) is 9.29. The fraction of sp³-hybridized carbons (Fsp3) is 0.111. The van der Waals surface area contributed by atoms with E-state index in [1.54, 1.807) is 24.3 Å². The Morgan fingerprint density at radius 3 is 2.36 bits per heavy atom. The molecule has 7 heteroatoms. The van der Waals surface area contributed by atoms with Gasteiger partial charge in [-0.2, -0.15) is 0 Å². The van der Waals surface area contributed by atoms with Crippen molar-refractivity contribution in [2.24, 2.45) is 0 Å². The smallest absolute Gasteiger partial charge is 0.343 e. The molecule has 0 saturated heterocycles. The number of hydrogen-bond donors (Lipinski definition) is 0. The van der Waals surface area contributed by atoms with Crippen LogP contribution in [0.5, 0.6) is 11.5 Å². The van der Waals surface area contributed by atoms with E-state index in [4.69, 9.17) is 32.7 Å². The third-order valence-electron chi connectivity index (χ3n) is 3.16. The molecule has 0 bridgehead atoms. The van der Waals surface area contributed by atoms with E-state index in [0.717, 1.165) is 0 Å². The van der Waals surface area contributed by atoms with Gasteiger partial charge in [0.05, 0.1) is 29.8 Å². The van der Waals surface area contributed by atoms with Crippen molar-refractivity contribution in [2.45, 2.75) is 0 Å². The highest BCUT2D eigenvalue weighted by atomic mass is 35.5. The van der Waals surface area contributed by atoms with E-state index < -0.39 is 11.9 Å². The Hall–Kier alpha value is -2.50. The van der Waals surface area contributed by atoms with Gasteiger partial charge in [-0.15, -0.1) is 0 Å². The molecule has 0 radical (unpaired) electrons. The number of rotatable bonds is 5. The van der Waals surface area contributed by atoms with E-state index in [1.165, 1.54) is 38.5 Å². The first-order valence-corrected chi connectivity index (χ1v) is 7.81. The van der Waals surface area contributed by atoms with E-state index in [-0.39, 0.29) is 16.3 Å². The topological polar surface area (TPSA) is 61.8 Å². The van der Waals surface area contributed by atoms with Crippen LogP contribution in [-0.2, 0) is 9.53 Å². The normalized spacial score (nSPS) is 10.6. The third-order valence-corrected chi connectivity index (χ3v) is 3.90. The van der Waals surface area contributed by atoms with Crippen LogP contribution in [0.2, 0.25) is 10.0 Å². The van der Waals surface area contributed by atoms with Crippen LogP contribution in [0, 0.1) is 0 Å². The molecular formula is C18H14Cl2O5. The molecule has 2 rings (SSSR count). The van der Waals surface area contributed by atoms with Gasteiger partial charge in [0.1, 0.15) is 0 Å². The van der Waals surface area contributed by atoms with E-state index in [1.807, 2.05) is 0 Å². The number of carbonyl (C=O) groups is 2. The summed E-state index contributed by atoms with van der Waals surface area (Å²) < 4.78 is 15.1. The van der Waals surface area contributed by atoms with Crippen LogP contribution in [-0.4, -0.2) is 26.2 Å². The molecule has 2 aromatic carbocycles. The third kappa shape index (κ3) is 4.98. The Balaban J connectivity index is 2.21. The standard InChI is InChI=1S/C18H14Cl2O5/c1-23-16-9-11(4-8-17(21)24-2)3-7-15(16)25-18(22)12-5-6-13(19)14(20)10-12/h3-10H,1-2H3/b8-4+. The Kier molecular flexibility index (Phi) is 6.44. The zero-order valence-electron chi connectivity index (χ0n) is 13.4. The summed E-state index contributed by atoms with van der Waals surface area (Å²) in [4.78, 5) is 23.4. The predicted molar refractivity (Wildman–Crippen MR) is 95.5 cm³/mol. The van der Waals surface area contributed by atoms with Crippen molar-refractivity contribution in [3.63, 3.8) is 0 Å². The maximum Gasteiger partial charge on any atom is 0.343 e. The summed E-state index contributed by atoms with van der Waals surface area (Å²) in [6.07, 6.45) is 2.83. The molecule has 0 aromatic heterocycles. The minimum Gasteiger partial charge on any atom is -0.493 e. The second kappa shape index (κ2) is 8.55. The van der Waals surface area contributed by atoms with Crippen molar-refractivity contribution in [3.8, 4) is 11.5 Å². The van der Waals surface area contributed by atoms with Gasteiger partial charge < -0.3 is 14.2 Å². The van der Waals surface area contributed by atoms with Crippen LogP contribution in [0.4, 0.5) is 0 Å². The molecule has 0 aliphatic heterocycles. The van der Waals surface area contributed by atoms with Crippen molar-refractivity contribution in [1.29, 1.82) is 0 Å².